The first kappa shape index (κ1) is 15.9. The number of hydrogen-bond donors (Lipinski definition) is 2. The van der Waals surface area contributed by atoms with Crippen molar-refractivity contribution in [2.75, 3.05) is 32.8 Å². The smallest absolute Gasteiger partial charge is 0.137 e. The number of rotatable bonds is 3. The predicted molar refractivity (Wildman–Crippen MR) is 75.6 cm³/mol. The quantitative estimate of drug-likeness (QED) is 0.883. The highest BCUT2D eigenvalue weighted by Crippen LogP contribution is 2.29. The summed E-state index contributed by atoms with van der Waals surface area (Å²) in [5.41, 5.74) is 0.814. The molecule has 1 aromatic carbocycles. The molecule has 0 spiro atoms. The largest absolute Gasteiger partial charge is 0.394 e. The minimum Gasteiger partial charge on any atom is -0.394 e. The molecule has 1 aliphatic heterocycles. The van der Waals surface area contributed by atoms with E-state index in [0.29, 0.717) is 4.47 Å². The van der Waals surface area contributed by atoms with Gasteiger partial charge in [-0.25, -0.2) is 4.39 Å². The van der Waals surface area contributed by atoms with Gasteiger partial charge in [0.15, 0.2) is 0 Å². The molecule has 1 heterocycles. The summed E-state index contributed by atoms with van der Waals surface area (Å²) in [6.07, 6.45) is 0. The maximum atomic E-state index is 13.5. The van der Waals surface area contributed by atoms with Gasteiger partial charge in [-0.15, -0.1) is 12.4 Å². The molecule has 0 saturated carbocycles. The fourth-order valence-corrected chi connectivity index (χ4v) is 2.71. The molecule has 6 heteroatoms. The summed E-state index contributed by atoms with van der Waals surface area (Å²) < 4.78 is 13.9. The molecule has 2 N–H and O–H groups in total. The molecule has 2 rings (SSSR count). The molecular formula is C12H17BrClFN2O. The molecule has 1 fully saturated rings. The Balaban J connectivity index is 0.00000162. The van der Waals surface area contributed by atoms with E-state index in [-0.39, 0.29) is 30.9 Å². The summed E-state index contributed by atoms with van der Waals surface area (Å²) >= 11 is 3.26. The summed E-state index contributed by atoms with van der Waals surface area (Å²) in [6.45, 7) is 3.55. The van der Waals surface area contributed by atoms with Gasteiger partial charge in [0.05, 0.1) is 17.1 Å². The Hall–Kier alpha value is -0.200. The van der Waals surface area contributed by atoms with Crippen LogP contribution in [0.3, 0.4) is 0 Å². The maximum absolute atomic E-state index is 13.5. The van der Waals surface area contributed by atoms with Gasteiger partial charge in [-0.2, -0.15) is 0 Å². The summed E-state index contributed by atoms with van der Waals surface area (Å²) in [5, 5.41) is 12.8. The van der Waals surface area contributed by atoms with E-state index in [1.807, 2.05) is 6.07 Å². The van der Waals surface area contributed by atoms with Crippen LogP contribution in [0.2, 0.25) is 0 Å². The van der Waals surface area contributed by atoms with E-state index in [1.165, 1.54) is 6.07 Å². The third kappa shape index (κ3) is 3.42. The molecule has 1 aromatic rings. The van der Waals surface area contributed by atoms with Gasteiger partial charge in [0.25, 0.3) is 0 Å². The molecule has 0 unspecified atom stereocenters. The summed E-state index contributed by atoms with van der Waals surface area (Å²) in [4.78, 5) is 2.18. The van der Waals surface area contributed by atoms with Crippen molar-refractivity contribution in [1.29, 1.82) is 0 Å². The minimum absolute atomic E-state index is 0. The Morgan fingerprint density at radius 2 is 2.06 bits per heavy atom. The van der Waals surface area contributed by atoms with Crippen molar-refractivity contribution in [3.8, 4) is 0 Å². The Morgan fingerprint density at radius 1 is 1.39 bits per heavy atom. The van der Waals surface area contributed by atoms with E-state index < -0.39 is 0 Å². The summed E-state index contributed by atoms with van der Waals surface area (Å²) in [6, 6.07) is 4.82. The molecule has 0 aliphatic carbocycles. The average molecular weight is 340 g/mol. The summed E-state index contributed by atoms with van der Waals surface area (Å²) in [5.74, 6) is -0.281. The van der Waals surface area contributed by atoms with Crippen molar-refractivity contribution in [3.05, 3.63) is 34.1 Å². The fourth-order valence-electron chi connectivity index (χ4n) is 2.18. The third-order valence-electron chi connectivity index (χ3n) is 3.11. The Kier molecular flexibility index (Phi) is 6.52. The van der Waals surface area contributed by atoms with Crippen molar-refractivity contribution >= 4 is 28.3 Å². The monoisotopic (exact) mass is 338 g/mol. The van der Waals surface area contributed by atoms with E-state index in [1.54, 1.807) is 6.07 Å². The van der Waals surface area contributed by atoms with Crippen LogP contribution in [-0.2, 0) is 0 Å². The highest BCUT2D eigenvalue weighted by molar-refractivity contribution is 9.10. The highest BCUT2D eigenvalue weighted by Gasteiger charge is 2.23. The van der Waals surface area contributed by atoms with Gasteiger partial charge in [0.1, 0.15) is 5.82 Å². The molecular weight excluding hydrogens is 323 g/mol. The number of benzene rings is 1. The number of aliphatic hydroxyl groups excluding tert-OH is 1. The number of aliphatic hydroxyl groups is 1. The lowest BCUT2D eigenvalue weighted by atomic mass is 10.1. The topological polar surface area (TPSA) is 35.5 Å². The van der Waals surface area contributed by atoms with Crippen molar-refractivity contribution in [2.45, 2.75) is 6.04 Å². The Labute approximate surface area is 121 Å². The Morgan fingerprint density at radius 3 is 2.67 bits per heavy atom. The lowest BCUT2D eigenvalue weighted by Gasteiger charge is -2.34. The van der Waals surface area contributed by atoms with E-state index in [0.717, 1.165) is 31.7 Å². The molecule has 1 aliphatic rings. The van der Waals surface area contributed by atoms with Crippen LogP contribution < -0.4 is 5.32 Å². The zero-order valence-electron chi connectivity index (χ0n) is 9.90. The van der Waals surface area contributed by atoms with Crippen LogP contribution in [0.4, 0.5) is 4.39 Å². The molecule has 1 saturated heterocycles. The minimum atomic E-state index is -0.281. The normalized spacial score (nSPS) is 18.2. The van der Waals surface area contributed by atoms with Crippen LogP contribution in [0.5, 0.6) is 0 Å². The number of nitrogens with zero attached hydrogens (tertiary/aromatic N) is 1. The maximum Gasteiger partial charge on any atom is 0.137 e. The van der Waals surface area contributed by atoms with Crippen molar-refractivity contribution < 1.29 is 9.50 Å². The molecule has 0 bridgehead atoms. The van der Waals surface area contributed by atoms with E-state index >= 15 is 0 Å². The van der Waals surface area contributed by atoms with Crippen molar-refractivity contribution in [2.24, 2.45) is 0 Å². The fraction of sp³-hybridized carbons (Fsp3) is 0.500. The zero-order valence-corrected chi connectivity index (χ0v) is 12.3. The van der Waals surface area contributed by atoms with E-state index in [9.17, 15) is 9.50 Å². The first-order valence-corrected chi connectivity index (χ1v) is 6.53. The van der Waals surface area contributed by atoms with Crippen LogP contribution in [0, 0.1) is 5.82 Å². The number of piperazine rings is 1. The Bertz CT molecular complexity index is 388. The number of nitrogens with one attached hydrogen (secondary N) is 1. The first-order valence-electron chi connectivity index (χ1n) is 5.73. The third-order valence-corrected chi connectivity index (χ3v) is 3.94. The molecule has 102 valence electrons. The van der Waals surface area contributed by atoms with E-state index in [2.05, 4.69) is 26.1 Å². The van der Waals surface area contributed by atoms with Gasteiger partial charge < -0.3 is 10.4 Å². The summed E-state index contributed by atoms with van der Waals surface area (Å²) in [7, 11) is 0. The van der Waals surface area contributed by atoms with Crippen molar-refractivity contribution in [1.82, 2.24) is 10.2 Å². The standard InChI is InChI=1S/C12H16BrFN2O.ClH/c13-12-9(2-1-3-10(12)14)11(8-17)16-6-4-15-5-7-16;/h1-3,11,15,17H,4-8H2;1H/t11-;/m1./s1. The number of hydrogen-bond acceptors (Lipinski definition) is 3. The average Bonchev–Trinajstić information content (AvgIpc) is 2.37. The molecule has 0 radical (unpaired) electrons. The second-order valence-electron chi connectivity index (χ2n) is 4.13. The van der Waals surface area contributed by atoms with Crippen LogP contribution >= 0.6 is 28.3 Å². The molecule has 0 amide bonds. The lowest BCUT2D eigenvalue weighted by Crippen LogP contribution is -2.46. The molecule has 0 aromatic heterocycles. The van der Waals surface area contributed by atoms with Crippen LogP contribution in [0.25, 0.3) is 0 Å². The highest BCUT2D eigenvalue weighted by atomic mass is 79.9. The molecule has 1 atom stereocenters. The van der Waals surface area contributed by atoms with Crippen LogP contribution in [-0.4, -0.2) is 42.8 Å². The zero-order chi connectivity index (χ0) is 12.3. The van der Waals surface area contributed by atoms with Gasteiger partial charge in [0.2, 0.25) is 0 Å². The predicted octanol–water partition coefficient (Wildman–Crippen LogP) is 1.95. The van der Waals surface area contributed by atoms with Crippen molar-refractivity contribution in [3.63, 3.8) is 0 Å². The van der Waals surface area contributed by atoms with Gasteiger partial charge in [-0.1, -0.05) is 12.1 Å². The second kappa shape index (κ2) is 7.40. The first-order chi connectivity index (χ1) is 8.24. The van der Waals surface area contributed by atoms with Gasteiger partial charge in [0, 0.05) is 26.2 Å². The molecule has 18 heavy (non-hydrogen) atoms. The SMILES string of the molecule is Cl.OC[C@H](c1cccc(F)c1Br)N1CCNCC1. The van der Waals surface area contributed by atoms with E-state index in [4.69, 9.17) is 0 Å². The van der Waals surface area contributed by atoms with Gasteiger partial charge >= 0.3 is 0 Å². The second-order valence-corrected chi connectivity index (χ2v) is 4.92. The van der Waals surface area contributed by atoms with Crippen LogP contribution in [0.1, 0.15) is 11.6 Å². The van der Waals surface area contributed by atoms with Gasteiger partial charge in [-0.05, 0) is 27.6 Å². The lowest BCUT2D eigenvalue weighted by molar-refractivity contribution is 0.110. The van der Waals surface area contributed by atoms with Crippen LogP contribution in [0.15, 0.2) is 22.7 Å². The van der Waals surface area contributed by atoms with Gasteiger partial charge in [-0.3, -0.25) is 4.90 Å². The molecule has 3 nitrogen and oxygen atoms in total. The number of halogens is 3.